The van der Waals surface area contributed by atoms with Crippen LogP contribution < -0.4 is 11.1 Å². The molecule has 0 aliphatic carbocycles. The van der Waals surface area contributed by atoms with Crippen molar-refractivity contribution in [2.24, 2.45) is 5.73 Å². The van der Waals surface area contributed by atoms with Gasteiger partial charge in [0.15, 0.2) is 12.0 Å². The number of oxazole rings is 1. The summed E-state index contributed by atoms with van der Waals surface area (Å²) in [7, 11) is 0. The highest BCUT2D eigenvalue weighted by Crippen LogP contribution is 2.14. The predicted octanol–water partition coefficient (Wildman–Crippen LogP) is 2.09. The molecule has 18 heavy (non-hydrogen) atoms. The highest BCUT2D eigenvalue weighted by molar-refractivity contribution is 5.72. The highest BCUT2D eigenvalue weighted by Gasteiger charge is 2.08. The maximum absolute atomic E-state index is 5.92. The van der Waals surface area contributed by atoms with Crippen LogP contribution in [0.15, 0.2) is 29.0 Å². The zero-order chi connectivity index (χ0) is 13.0. The molecule has 2 aromatic rings. The van der Waals surface area contributed by atoms with E-state index in [4.69, 9.17) is 10.2 Å². The van der Waals surface area contributed by atoms with Crippen LogP contribution in [0.2, 0.25) is 0 Å². The van der Waals surface area contributed by atoms with Gasteiger partial charge in [-0.25, -0.2) is 4.98 Å². The molecule has 4 heteroatoms. The molecule has 0 unspecified atom stereocenters. The van der Waals surface area contributed by atoms with Crippen molar-refractivity contribution < 1.29 is 4.42 Å². The zero-order valence-corrected chi connectivity index (χ0v) is 11.1. The van der Waals surface area contributed by atoms with Gasteiger partial charge in [-0.15, -0.1) is 0 Å². The maximum Gasteiger partial charge on any atom is 0.181 e. The van der Waals surface area contributed by atoms with Gasteiger partial charge >= 0.3 is 0 Å². The molecule has 0 aliphatic heterocycles. The Labute approximate surface area is 108 Å². The fourth-order valence-corrected chi connectivity index (χ4v) is 1.82. The summed E-state index contributed by atoms with van der Waals surface area (Å²) in [5, 5.41) is 3.41. The van der Waals surface area contributed by atoms with Crippen LogP contribution in [-0.2, 0) is 6.42 Å². The lowest BCUT2D eigenvalue weighted by Gasteiger charge is -2.18. The molecule has 0 fully saturated rings. The van der Waals surface area contributed by atoms with Crippen LogP contribution in [-0.4, -0.2) is 23.6 Å². The smallest absolute Gasteiger partial charge is 0.181 e. The van der Waals surface area contributed by atoms with Gasteiger partial charge in [0.2, 0.25) is 0 Å². The molecule has 1 aromatic carbocycles. The third-order valence-corrected chi connectivity index (χ3v) is 2.93. The van der Waals surface area contributed by atoms with Gasteiger partial charge in [-0.1, -0.05) is 6.07 Å². The average Bonchev–Trinajstić information content (AvgIpc) is 2.74. The monoisotopic (exact) mass is 247 g/mol. The SMILES string of the molecule is CC(C)(N)CCNCCc1ccc2ncoc2c1. The van der Waals surface area contributed by atoms with E-state index >= 15 is 0 Å². The van der Waals surface area contributed by atoms with Gasteiger partial charge < -0.3 is 15.5 Å². The van der Waals surface area contributed by atoms with E-state index < -0.39 is 0 Å². The first kappa shape index (κ1) is 13.1. The molecule has 2 rings (SSSR count). The van der Waals surface area contributed by atoms with Crippen molar-refractivity contribution in [2.45, 2.75) is 32.2 Å². The summed E-state index contributed by atoms with van der Waals surface area (Å²) >= 11 is 0. The summed E-state index contributed by atoms with van der Waals surface area (Å²) in [6, 6.07) is 6.15. The normalized spacial score (nSPS) is 12.2. The zero-order valence-electron chi connectivity index (χ0n) is 11.1. The van der Waals surface area contributed by atoms with E-state index in [1.54, 1.807) is 0 Å². The van der Waals surface area contributed by atoms with E-state index in [0.717, 1.165) is 37.0 Å². The quantitative estimate of drug-likeness (QED) is 0.767. The largest absolute Gasteiger partial charge is 0.443 e. The van der Waals surface area contributed by atoms with E-state index in [1.807, 2.05) is 19.9 Å². The molecule has 0 spiro atoms. The van der Waals surface area contributed by atoms with Crippen molar-refractivity contribution in [2.75, 3.05) is 13.1 Å². The molecule has 0 saturated heterocycles. The first-order chi connectivity index (χ1) is 8.54. The van der Waals surface area contributed by atoms with E-state index in [1.165, 1.54) is 12.0 Å². The summed E-state index contributed by atoms with van der Waals surface area (Å²) in [6.07, 6.45) is 3.45. The Balaban J connectivity index is 1.76. The van der Waals surface area contributed by atoms with Crippen molar-refractivity contribution in [1.82, 2.24) is 10.3 Å². The summed E-state index contributed by atoms with van der Waals surface area (Å²) in [5.41, 5.74) is 8.86. The van der Waals surface area contributed by atoms with Crippen LogP contribution in [0.4, 0.5) is 0 Å². The third kappa shape index (κ3) is 3.82. The molecule has 3 N–H and O–H groups in total. The Morgan fingerprint density at radius 2 is 2.17 bits per heavy atom. The van der Waals surface area contributed by atoms with Gasteiger partial charge in [0.05, 0.1) is 0 Å². The Kier molecular flexibility index (Phi) is 3.99. The van der Waals surface area contributed by atoms with Gasteiger partial charge in [0.1, 0.15) is 5.52 Å². The van der Waals surface area contributed by atoms with Crippen LogP contribution in [0.1, 0.15) is 25.8 Å². The van der Waals surface area contributed by atoms with E-state index in [2.05, 4.69) is 22.4 Å². The van der Waals surface area contributed by atoms with Crippen molar-refractivity contribution in [3.05, 3.63) is 30.2 Å². The van der Waals surface area contributed by atoms with Crippen LogP contribution in [0.25, 0.3) is 11.1 Å². The average molecular weight is 247 g/mol. The second kappa shape index (κ2) is 5.50. The van der Waals surface area contributed by atoms with Crippen LogP contribution in [0.3, 0.4) is 0 Å². The summed E-state index contributed by atoms with van der Waals surface area (Å²) in [5.74, 6) is 0. The standard InChI is InChI=1S/C14H21N3O/c1-14(2,15)6-8-16-7-5-11-3-4-12-13(9-11)18-10-17-12/h3-4,9-10,16H,5-8,15H2,1-2H3. The molecule has 0 atom stereocenters. The van der Waals surface area contributed by atoms with Crippen LogP contribution in [0.5, 0.6) is 0 Å². The lowest BCUT2D eigenvalue weighted by atomic mass is 10.0. The van der Waals surface area contributed by atoms with Gasteiger partial charge in [-0.05, 0) is 57.5 Å². The number of hydrogen-bond donors (Lipinski definition) is 2. The minimum Gasteiger partial charge on any atom is -0.443 e. The number of aromatic nitrogens is 1. The van der Waals surface area contributed by atoms with Crippen molar-refractivity contribution in [3.8, 4) is 0 Å². The molecule has 4 nitrogen and oxygen atoms in total. The fourth-order valence-electron chi connectivity index (χ4n) is 1.82. The van der Waals surface area contributed by atoms with Crippen LogP contribution >= 0.6 is 0 Å². The summed E-state index contributed by atoms with van der Waals surface area (Å²) in [4.78, 5) is 4.10. The van der Waals surface area contributed by atoms with E-state index in [9.17, 15) is 0 Å². The second-order valence-corrected chi connectivity index (χ2v) is 5.39. The molecular weight excluding hydrogens is 226 g/mol. The number of hydrogen-bond acceptors (Lipinski definition) is 4. The van der Waals surface area contributed by atoms with Crippen molar-refractivity contribution in [1.29, 1.82) is 0 Å². The van der Waals surface area contributed by atoms with Crippen molar-refractivity contribution >= 4 is 11.1 Å². The number of nitrogens with one attached hydrogen (secondary N) is 1. The molecule has 0 aliphatic rings. The molecule has 0 saturated carbocycles. The molecule has 1 aromatic heterocycles. The lowest BCUT2D eigenvalue weighted by molar-refractivity contribution is 0.456. The number of nitrogens with zero attached hydrogens (tertiary/aromatic N) is 1. The Hall–Kier alpha value is -1.39. The first-order valence-corrected chi connectivity index (χ1v) is 6.36. The second-order valence-electron chi connectivity index (χ2n) is 5.39. The minimum absolute atomic E-state index is 0.0915. The predicted molar refractivity (Wildman–Crippen MR) is 73.5 cm³/mol. The highest BCUT2D eigenvalue weighted by atomic mass is 16.3. The van der Waals surface area contributed by atoms with E-state index in [0.29, 0.717) is 0 Å². The van der Waals surface area contributed by atoms with E-state index in [-0.39, 0.29) is 5.54 Å². The molecule has 1 heterocycles. The molecule has 0 amide bonds. The first-order valence-electron chi connectivity index (χ1n) is 6.36. The molecule has 0 radical (unpaired) electrons. The summed E-state index contributed by atoms with van der Waals surface area (Å²) in [6.45, 7) is 6.00. The Morgan fingerprint density at radius 1 is 1.33 bits per heavy atom. The van der Waals surface area contributed by atoms with Gasteiger partial charge in [0, 0.05) is 5.54 Å². The third-order valence-electron chi connectivity index (χ3n) is 2.93. The number of nitrogens with two attached hydrogens (primary N) is 1. The summed E-state index contributed by atoms with van der Waals surface area (Å²) < 4.78 is 5.28. The number of benzene rings is 1. The van der Waals surface area contributed by atoms with Crippen molar-refractivity contribution in [3.63, 3.8) is 0 Å². The number of fused-ring (bicyclic) bond motifs is 1. The molecular formula is C14H21N3O. The molecule has 98 valence electrons. The van der Waals surface area contributed by atoms with Gasteiger partial charge in [0.25, 0.3) is 0 Å². The minimum atomic E-state index is -0.0915. The number of rotatable bonds is 6. The fraction of sp³-hybridized carbons (Fsp3) is 0.500. The lowest BCUT2D eigenvalue weighted by Crippen LogP contribution is -2.36. The van der Waals surface area contributed by atoms with Gasteiger partial charge in [-0.3, -0.25) is 0 Å². The topological polar surface area (TPSA) is 64.1 Å². The maximum atomic E-state index is 5.92. The van der Waals surface area contributed by atoms with Gasteiger partial charge in [-0.2, -0.15) is 0 Å². The molecule has 0 bridgehead atoms. The van der Waals surface area contributed by atoms with Crippen LogP contribution in [0, 0.1) is 0 Å². The Morgan fingerprint density at radius 3 is 2.94 bits per heavy atom. The Bertz CT molecular complexity index is 499.